The Morgan fingerprint density at radius 2 is 1.68 bits per heavy atom. The number of carbonyl (C=O) groups excluding carboxylic acids is 1. The Bertz CT molecular complexity index is 2090. The molecule has 0 aliphatic carbocycles. The van der Waals surface area contributed by atoms with Crippen molar-refractivity contribution in [3.8, 4) is 17.1 Å². The van der Waals surface area contributed by atoms with E-state index in [2.05, 4.69) is 19.2 Å². The molecule has 0 unspecified atom stereocenters. The molecule has 1 N–H and O–H groups in total. The standard InChI is InChI=1S/C36H33N5O3/c1-23(2)29-19-30(24(3)18-33(29)44-4)35-39-31-16-10-8-15-28(31)36(43)41(35)37-20-25-21-40(32-17-11-9-14-27(25)32)22-34(42)38-26-12-6-5-7-13-26/h5-21,23H,22H2,1-4H3,(H,38,42). The van der Waals surface area contributed by atoms with Gasteiger partial charge in [0.15, 0.2) is 5.82 Å². The van der Waals surface area contributed by atoms with E-state index in [1.54, 1.807) is 19.4 Å². The van der Waals surface area contributed by atoms with Crippen molar-refractivity contribution in [2.24, 2.45) is 5.10 Å². The number of rotatable bonds is 8. The number of hydrogen-bond acceptors (Lipinski definition) is 5. The molecular formula is C36H33N5O3. The van der Waals surface area contributed by atoms with Gasteiger partial charge in [-0.05, 0) is 66.4 Å². The Labute approximate surface area is 255 Å². The molecule has 0 atom stereocenters. The molecule has 0 bridgehead atoms. The van der Waals surface area contributed by atoms with Crippen LogP contribution >= 0.6 is 0 Å². The lowest BCUT2D eigenvalue weighted by molar-refractivity contribution is -0.116. The summed E-state index contributed by atoms with van der Waals surface area (Å²) < 4.78 is 8.92. The maximum Gasteiger partial charge on any atom is 0.282 e. The second kappa shape index (κ2) is 12.0. The van der Waals surface area contributed by atoms with Crippen LogP contribution in [0.3, 0.4) is 0 Å². The van der Waals surface area contributed by atoms with Crippen molar-refractivity contribution in [2.75, 3.05) is 12.4 Å². The first-order valence-electron chi connectivity index (χ1n) is 14.5. The van der Waals surface area contributed by atoms with Crippen molar-refractivity contribution in [3.63, 3.8) is 0 Å². The van der Waals surface area contributed by atoms with Gasteiger partial charge in [-0.3, -0.25) is 9.59 Å². The highest BCUT2D eigenvalue weighted by Crippen LogP contribution is 2.34. The summed E-state index contributed by atoms with van der Waals surface area (Å²) in [5.41, 5.74) is 5.45. The van der Waals surface area contributed by atoms with Gasteiger partial charge in [-0.2, -0.15) is 9.78 Å². The molecule has 0 fully saturated rings. The number of nitrogens with zero attached hydrogens (tertiary/aromatic N) is 4. The van der Waals surface area contributed by atoms with Crippen molar-refractivity contribution in [1.29, 1.82) is 0 Å². The van der Waals surface area contributed by atoms with Gasteiger partial charge in [0, 0.05) is 33.9 Å². The number of aryl methyl sites for hydroxylation is 1. The Balaban J connectivity index is 1.46. The molecule has 44 heavy (non-hydrogen) atoms. The van der Waals surface area contributed by atoms with Crippen LogP contribution in [0.4, 0.5) is 5.69 Å². The zero-order valence-corrected chi connectivity index (χ0v) is 25.1. The Morgan fingerprint density at radius 3 is 2.43 bits per heavy atom. The normalized spacial score (nSPS) is 11.6. The van der Waals surface area contributed by atoms with Crippen LogP contribution in [0.15, 0.2) is 107 Å². The summed E-state index contributed by atoms with van der Waals surface area (Å²) in [4.78, 5) is 31.8. The molecule has 220 valence electrons. The fourth-order valence-electron chi connectivity index (χ4n) is 5.48. The lowest BCUT2D eigenvalue weighted by Crippen LogP contribution is -2.21. The number of ether oxygens (including phenoxy) is 1. The van der Waals surface area contributed by atoms with Crippen molar-refractivity contribution in [2.45, 2.75) is 33.2 Å². The average molecular weight is 584 g/mol. The number of amides is 1. The molecule has 0 saturated heterocycles. The minimum absolute atomic E-state index is 0.120. The SMILES string of the molecule is COc1cc(C)c(-c2nc3ccccc3c(=O)n2N=Cc2cn(CC(=O)Nc3ccccc3)c3ccccc23)cc1C(C)C. The van der Waals surface area contributed by atoms with Gasteiger partial charge in [0.2, 0.25) is 5.91 Å². The summed E-state index contributed by atoms with van der Waals surface area (Å²) in [5, 5.41) is 9.07. The number of nitrogens with one attached hydrogen (secondary N) is 1. The fourth-order valence-corrected chi connectivity index (χ4v) is 5.48. The minimum atomic E-state index is -0.269. The van der Waals surface area contributed by atoms with Crippen LogP contribution < -0.4 is 15.6 Å². The highest BCUT2D eigenvalue weighted by atomic mass is 16.5. The molecule has 0 radical (unpaired) electrons. The van der Waals surface area contributed by atoms with Crippen LogP contribution in [0.25, 0.3) is 33.2 Å². The molecule has 6 aromatic rings. The third-order valence-electron chi connectivity index (χ3n) is 7.70. The van der Waals surface area contributed by atoms with E-state index in [9.17, 15) is 9.59 Å². The molecule has 0 aliphatic rings. The van der Waals surface area contributed by atoms with E-state index in [0.29, 0.717) is 16.7 Å². The number of benzene rings is 4. The highest BCUT2D eigenvalue weighted by Gasteiger charge is 2.19. The molecule has 6 rings (SSSR count). The van der Waals surface area contributed by atoms with Crippen molar-refractivity contribution in [3.05, 3.63) is 124 Å². The van der Waals surface area contributed by atoms with Gasteiger partial charge in [-0.1, -0.05) is 62.4 Å². The number of hydrogen-bond donors (Lipinski definition) is 1. The van der Waals surface area contributed by atoms with E-state index in [0.717, 1.165) is 44.6 Å². The van der Waals surface area contributed by atoms with Gasteiger partial charge in [0.25, 0.3) is 5.56 Å². The molecule has 1 amide bonds. The first-order valence-corrected chi connectivity index (χ1v) is 14.5. The van der Waals surface area contributed by atoms with Gasteiger partial charge in [-0.25, -0.2) is 4.98 Å². The highest BCUT2D eigenvalue weighted by molar-refractivity contribution is 6.00. The van der Waals surface area contributed by atoms with E-state index in [4.69, 9.17) is 14.8 Å². The van der Waals surface area contributed by atoms with Crippen LogP contribution in [0, 0.1) is 6.92 Å². The molecule has 0 saturated carbocycles. The number of carbonyl (C=O) groups is 1. The largest absolute Gasteiger partial charge is 0.496 e. The molecule has 2 heterocycles. The molecule has 8 nitrogen and oxygen atoms in total. The van der Waals surface area contributed by atoms with E-state index in [-0.39, 0.29) is 23.9 Å². The number of anilines is 1. The first kappa shape index (κ1) is 28.6. The van der Waals surface area contributed by atoms with Crippen molar-refractivity contribution < 1.29 is 9.53 Å². The summed E-state index contributed by atoms with van der Waals surface area (Å²) in [6.07, 6.45) is 3.55. The zero-order valence-electron chi connectivity index (χ0n) is 25.1. The van der Waals surface area contributed by atoms with E-state index >= 15 is 0 Å². The molecule has 0 aliphatic heterocycles. The lowest BCUT2D eigenvalue weighted by atomic mass is 9.96. The topological polar surface area (TPSA) is 90.5 Å². The summed E-state index contributed by atoms with van der Waals surface area (Å²) in [5.74, 6) is 1.29. The van der Waals surface area contributed by atoms with Crippen LogP contribution in [-0.2, 0) is 11.3 Å². The number of para-hydroxylation sites is 3. The Kier molecular flexibility index (Phi) is 7.81. The second-order valence-electron chi connectivity index (χ2n) is 11.0. The summed E-state index contributed by atoms with van der Waals surface area (Å²) in [6, 6.07) is 28.5. The van der Waals surface area contributed by atoms with Gasteiger partial charge >= 0.3 is 0 Å². The van der Waals surface area contributed by atoms with Gasteiger partial charge in [-0.15, -0.1) is 0 Å². The maximum atomic E-state index is 13.9. The fraction of sp³-hybridized carbons (Fsp3) is 0.167. The zero-order chi connectivity index (χ0) is 30.8. The summed E-state index contributed by atoms with van der Waals surface area (Å²) >= 11 is 0. The van der Waals surface area contributed by atoms with Gasteiger partial charge in [0.1, 0.15) is 12.3 Å². The maximum absolute atomic E-state index is 13.9. The molecule has 0 spiro atoms. The van der Waals surface area contributed by atoms with E-state index in [1.807, 2.05) is 103 Å². The average Bonchev–Trinajstić information content (AvgIpc) is 3.37. The van der Waals surface area contributed by atoms with Crippen molar-refractivity contribution >= 4 is 39.6 Å². The van der Waals surface area contributed by atoms with Crippen LogP contribution in [0.1, 0.15) is 36.5 Å². The predicted molar refractivity (Wildman–Crippen MR) is 177 cm³/mol. The van der Waals surface area contributed by atoms with Crippen LogP contribution in [0.5, 0.6) is 5.75 Å². The molecule has 4 aromatic carbocycles. The second-order valence-corrected chi connectivity index (χ2v) is 11.0. The molecule has 2 aromatic heterocycles. The lowest BCUT2D eigenvalue weighted by Gasteiger charge is -2.17. The Morgan fingerprint density at radius 1 is 0.977 bits per heavy atom. The first-order chi connectivity index (χ1) is 21.3. The van der Waals surface area contributed by atoms with Crippen molar-refractivity contribution in [1.82, 2.24) is 14.2 Å². The summed E-state index contributed by atoms with van der Waals surface area (Å²) in [7, 11) is 1.66. The Hall–Kier alpha value is -5.50. The van der Waals surface area contributed by atoms with Gasteiger partial charge in [0.05, 0.1) is 24.2 Å². The number of fused-ring (bicyclic) bond motifs is 2. The smallest absolute Gasteiger partial charge is 0.282 e. The quantitative estimate of drug-likeness (QED) is 0.196. The molecule has 8 heteroatoms. The summed E-state index contributed by atoms with van der Waals surface area (Å²) in [6.45, 7) is 6.30. The third kappa shape index (κ3) is 5.49. The van der Waals surface area contributed by atoms with Crippen LogP contribution in [0.2, 0.25) is 0 Å². The van der Waals surface area contributed by atoms with Crippen LogP contribution in [-0.4, -0.2) is 33.5 Å². The minimum Gasteiger partial charge on any atom is -0.496 e. The monoisotopic (exact) mass is 583 g/mol. The number of aromatic nitrogens is 3. The van der Waals surface area contributed by atoms with E-state index < -0.39 is 0 Å². The predicted octanol–water partition coefficient (Wildman–Crippen LogP) is 6.98. The molecular weight excluding hydrogens is 550 g/mol. The van der Waals surface area contributed by atoms with Gasteiger partial charge < -0.3 is 14.6 Å². The third-order valence-corrected chi connectivity index (χ3v) is 7.70. The van der Waals surface area contributed by atoms with E-state index in [1.165, 1.54) is 4.68 Å². The number of methoxy groups -OCH3 is 1.